The minimum atomic E-state index is -5.04. The predicted octanol–water partition coefficient (Wildman–Crippen LogP) is 2.64. The molecule has 25 heavy (non-hydrogen) atoms. The van der Waals surface area contributed by atoms with E-state index in [4.69, 9.17) is 11.2 Å². The summed E-state index contributed by atoms with van der Waals surface area (Å²) >= 11 is 0. The fraction of sp³-hybridized carbons (Fsp3) is 0.471. The van der Waals surface area contributed by atoms with Gasteiger partial charge in [-0.2, -0.15) is 17.6 Å². The van der Waals surface area contributed by atoms with Crippen molar-refractivity contribution in [3.8, 4) is 12.3 Å². The second kappa shape index (κ2) is 8.32. The zero-order valence-corrected chi connectivity index (χ0v) is 14.0. The molecule has 0 bridgehead atoms. The first kappa shape index (κ1) is 20.9. The molecule has 4 nitrogen and oxygen atoms in total. The van der Waals surface area contributed by atoms with Crippen LogP contribution in [-0.2, 0) is 19.9 Å². The summed E-state index contributed by atoms with van der Waals surface area (Å²) in [5.74, 6) is 0.665. The molecule has 0 radical (unpaired) electrons. The molecule has 138 valence electrons. The van der Waals surface area contributed by atoms with Crippen LogP contribution in [0.2, 0.25) is 0 Å². The highest BCUT2D eigenvalue weighted by molar-refractivity contribution is 5.82. The fourth-order valence-electron chi connectivity index (χ4n) is 2.25. The lowest BCUT2D eigenvalue weighted by molar-refractivity contribution is -0.914. The van der Waals surface area contributed by atoms with Crippen LogP contribution in [0.3, 0.4) is 0 Å². The van der Waals surface area contributed by atoms with E-state index in [9.17, 15) is 22.4 Å². The van der Waals surface area contributed by atoms with E-state index in [0.29, 0.717) is 0 Å². The summed E-state index contributed by atoms with van der Waals surface area (Å²) in [4.78, 5) is 12.3. The van der Waals surface area contributed by atoms with E-state index in [0.717, 1.165) is 19.2 Å². The number of hydrogen-bond acceptors (Lipinski definition) is 3. The zero-order valence-electron chi connectivity index (χ0n) is 14.0. The molecule has 8 heteroatoms. The number of quaternary nitrogens is 1. The van der Waals surface area contributed by atoms with Crippen LogP contribution < -0.4 is 0 Å². The molecule has 1 aromatic carbocycles. The molecule has 0 aliphatic carbocycles. The number of carbonyl (C=O) groups is 1. The third-order valence-corrected chi connectivity index (χ3v) is 3.80. The molecule has 0 amide bonds. The predicted molar refractivity (Wildman–Crippen MR) is 82.9 cm³/mol. The van der Waals surface area contributed by atoms with Gasteiger partial charge in [0.1, 0.15) is 19.7 Å². The molecule has 1 rings (SSSR count). The summed E-state index contributed by atoms with van der Waals surface area (Å²) in [7, 11) is 2.25. The van der Waals surface area contributed by atoms with Crippen molar-refractivity contribution in [2.75, 3.05) is 40.7 Å². The SMILES string of the molecule is C#CC[N+](C)(CF)CCOC(=O)C(OC)(c1ccccc1)C(F)(F)F. The van der Waals surface area contributed by atoms with Gasteiger partial charge in [0.2, 0.25) is 6.80 Å². The van der Waals surface area contributed by atoms with E-state index in [1.54, 1.807) is 0 Å². The molecule has 0 fully saturated rings. The third-order valence-electron chi connectivity index (χ3n) is 3.80. The number of carbonyl (C=O) groups excluding carboxylic acids is 1. The van der Waals surface area contributed by atoms with Gasteiger partial charge in [0.25, 0.3) is 5.60 Å². The summed E-state index contributed by atoms with van der Waals surface area (Å²) in [6.07, 6.45) is 0.0924. The van der Waals surface area contributed by atoms with Crippen molar-refractivity contribution >= 4 is 5.97 Å². The van der Waals surface area contributed by atoms with Crippen molar-refractivity contribution in [3.63, 3.8) is 0 Å². The van der Waals surface area contributed by atoms with Crippen LogP contribution in [0.5, 0.6) is 0 Å². The van der Waals surface area contributed by atoms with Crippen LogP contribution in [-0.4, -0.2) is 57.3 Å². The largest absolute Gasteiger partial charge is 0.457 e. The van der Waals surface area contributed by atoms with Gasteiger partial charge in [0.15, 0.2) is 0 Å². The monoisotopic (exact) mass is 362 g/mol. The number of methoxy groups -OCH3 is 1. The molecule has 0 saturated heterocycles. The summed E-state index contributed by atoms with van der Waals surface area (Å²) in [5.41, 5.74) is -3.65. The Morgan fingerprint density at radius 1 is 1.28 bits per heavy atom. The van der Waals surface area contributed by atoms with Crippen molar-refractivity contribution in [1.29, 1.82) is 0 Å². The highest BCUT2D eigenvalue weighted by Gasteiger charge is 2.64. The quantitative estimate of drug-likeness (QED) is 0.235. The minimum absolute atomic E-state index is 0.0153. The lowest BCUT2D eigenvalue weighted by Gasteiger charge is -2.33. The number of halogens is 4. The second-order valence-electron chi connectivity index (χ2n) is 5.71. The van der Waals surface area contributed by atoms with Gasteiger partial charge in [-0.3, -0.25) is 4.48 Å². The number of alkyl halides is 4. The van der Waals surface area contributed by atoms with Crippen LogP contribution in [0.15, 0.2) is 30.3 Å². The molecule has 0 aromatic heterocycles. The lowest BCUT2D eigenvalue weighted by atomic mass is 9.93. The Bertz CT molecular complexity index is 615. The topological polar surface area (TPSA) is 35.5 Å². The maximum absolute atomic E-state index is 13.6. The van der Waals surface area contributed by atoms with E-state index in [2.05, 4.69) is 10.7 Å². The number of hydrogen-bond donors (Lipinski definition) is 0. The molecule has 2 unspecified atom stereocenters. The molecule has 0 saturated carbocycles. The van der Waals surface area contributed by atoms with Crippen molar-refractivity contribution in [3.05, 3.63) is 35.9 Å². The molecule has 0 aliphatic rings. The third kappa shape index (κ3) is 4.50. The average molecular weight is 362 g/mol. The lowest BCUT2D eigenvalue weighted by Crippen LogP contribution is -2.53. The van der Waals surface area contributed by atoms with Gasteiger partial charge in [0, 0.05) is 12.7 Å². The van der Waals surface area contributed by atoms with E-state index in [1.165, 1.54) is 25.2 Å². The Morgan fingerprint density at radius 2 is 1.88 bits per heavy atom. The van der Waals surface area contributed by atoms with Crippen LogP contribution in [0.1, 0.15) is 5.56 Å². The molecular formula is C17H20F4NO3+. The first-order valence-corrected chi connectivity index (χ1v) is 7.34. The molecule has 1 aromatic rings. The standard InChI is InChI=1S/C17H20F4NO3/c1-4-10-22(2,13-18)11-12-25-15(23)16(24-3,17(19,20)21)14-8-6-5-7-9-14/h1,5-9H,10-13H2,2-3H3/q+1. The maximum Gasteiger partial charge on any atom is 0.432 e. The van der Waals surface area contributed by atoms with Gasteiger partial charge in [-0.1, -0.05) is 30.3 Å². The van der Waals surface area contributed by atoms with Crippen LogP contribution in [0.25, 0.3) is 0 Å². The van der Waals surface area contributed by atoms with Gasteiger partial charge in [-0.25, -0.2) is 4.79 Å². The van der Waals surface area contributed by atoms with Crippen LogP contribution in [0.4, 0.5) is 17.6 Å². The number of rotatable bonds is 8. The Labute approximate surface area is 143 Å². The summed E-state index contributed by atoms with van der Waals surface area (Å²) in [6.45, 7) is -1.33. The number of ether oxygens (including phenoxy) is 2. The normalized spacial score (nSPS) is 16.4. The molecule has 0 spiro atoms. The smallest absolute Gasteiger partial charge is 0.432 e. The van der Waals surface area contributed by atoms with Crippen molar-refractivity contribution < 1.29 is 36.3 Å². The number of nitrogens with zero attached hydrogens (tertiary/aromatic N) is 1. The molecular weight excluding hydrogens is 342 g/mol. The summed E-state index contributed by atoms with van der Waals surface area (Å²) in [6, 6.07) is 6.46. The van der Waals surface area contributed by atoms with E-state index in [1.807, 2.05) is 0 Å². The van der Waals surface area contributed by atoms with Gasteiger partial charge in [0.05, 0.1) is 7.05 Å². The van der Waals surface area contributed by atoms with Crippen LogP contribution >= 0.6 is 0 Å². The Balaban J connectivity index is 3.02. The fourth-order valence-corrected chi connectivity index (χ4v) is 2.25. The summed E-state index contributed by atoms with van der Waals surface area (Å²) < 4.78 is 63.1. The van der Waals surface area contributed by atoms with Crippen molar-refractivity contribution in [1.82, 2.24) is 0 Å². The van der Waals surface area contributed by atoms with Gasteiger partial charge in [-0.15, -0.1) is 6.42 Å². The number of terminal acetylenes is 1. The van der Waals surface area contributed by atoms with Crippen molar-refractivity contribution in [2.45, 2.75) is 11.8 Å². The number of esters is 1. The molecule has 0 heterocycles. The highest BCUT2D eigenvalue weighted by atomic mass is 19.4. The van der Waals surface area contributed by atoms with Gasteiger partial charge < -0.3 is 9.47 Å². The van der Waals surface area contributed by atoms with Crippen molar-refractivity contribution in [2.24, 2.45) is 0 Å². The van der Waals surface area contributed by atoms with Gasteiger partial charge in [-0.05, 0) is 5.92 Å². The Hall–Kier alpha value is -2.11. The Morgan fingerprint density at radius 3 is 2.32 bits per heavy atom. The summed E-state index contributed by atoms with van der Waals surface area (Å²) in [5, 5.41) is 0. The molecule has 0 aliphatic heterocycles. The average Bonchev–Trinajstić information content (AvgIpc) is 2.56. The maximum atomic E-state index is 13.6. The highest BCUT2D eigenvalue weighted by Crippen LogP contribution is 2.42. The first-order valence-electron chi connectivity index (χ1n) is 7.34. The second-order valence-corrected chi connectivity index (χ2v) is 5.71. The minimum Gasteiger partial charge on any atom is -0.457 e. The van der Waals surface area contributed by atoms with E-state index < -0.39 is 36.7 Å². The van der Waals surface area contributed by atoms with E-state index in [-0.39, 0.29) is 17.6 Å². The first-order chi connectivity index (χ1) is 11.7. The van der Waals surface area contributed by atoms with Gasteiger partial charge >= 0.3 is 12.1 Å². The van der Waals surface area contributed by atoms with Crippen LogP contribution in [0, 0.1) is 12.3 Å². The Kier molecular flexibility index (Phi) is 6.96. The van der Waals surface area contributed by atoms with E-state index >= 15 is 0 Å². The molecule has 0 N–H and O–H groups in total. The number of likely N-dealkylation sites (N-methyl/N-ethyl adjacent to an activating group) is 1. The zero-order chi connectivity index (χ0) is 19.1. The number of benzene rings is 1. The molecule has 2 atom stereocenters.